The van der Waals surface area contributed by atoms with Gasteiger partial charge < -0.3 is 14.8 Å². The molecule has 0 saturated carbocycles. The van der Waals surface area contributed by atoms with Crippen LogP contribution in [0.2, 0.25) is 10.0 Å². The maximum absolute atomic E-state index is 12.5. The Morgan fingerprint density at radius 1 is 1.08 bits per heavy atom. The van der Waals surface area contributed by atoms with Crippen LogP contribution in [0.1, 0.15) is 22.8 Å². The Hall–Kier alpha value is -3.59. The number of benzene rings is 3. The topological polar surface area (TPSA) is 84.8 Å². The fourth-order valence-corrected chi connectivity index (χ4v) is 4.28. The molecule has 184 valence electrons. The number of anilines is 2. The minimum absolute atomic E-state index is 0.352. The first-order valence-electron chi connectivity index (χ1n) is 10.9. The van der Waals surface area contributed by atoms with Crippen LogP contribution in [0.15, 0.2) is 71.1 Å². The summed E-state index contributed by atoms with van der Waals surface area (Å²) in [6.45, 7) is 2.36. The number of thiazole rings is 1. The fourth-order valence-electron chi connectivity index (χ4n) is 3.22. The molecular formula is C26H22Cl2N4O3S. The number of hydrazone groups is 1. The van der Waals surface area contributed by atoms with E-state index in [2.05, 4.69) is 20.8 Å². The number of hydrogen-bond donors (Lipinski definition) is 2. The van der Waals surface area contributed by atoms with E-state index in [1.807, 2.05) is 48.7 Å². The van der Waals surface area contributed by atoms with E-state index in [1.54, 1.807) is 31.4 Å². The van der Waals surface area contributed by atoms with Gasteiger partial charge in [0, 0.05) is 38.8 Å². The number of nitrogens with one attached hydrogen (secondary N) is 2. The summed E-state index contributed by atoms with van der Waals surface area (Å²) < 4.78 is 10.8. The van der Waals surface area contributed by atoms with Crippen molar-refractivity contribution in [3.63, 3.8) is 0 Å². The molecule has 2 N–H and O–H groups in total. The average molecular weight is 541 g/mol. The molecule has 0 fully saturated rings. The van der Waals surface area contributed by atoms with E-state index in [0.717, 1.165) is 22.1 Å². The zero-order chi connectivity index (χ0) is 25.5. The molecule has 0 saturated heterocycles. The molecule has 0 aliphatic heterocycles. The van der Waals surface area contributed by atoms with E-state index in [-0.39, 0.29) is 5.91 Å². The zero-order valence-corrected chi connectivity index (χ0v) is 21.7. The zero-order valence-electron chi connectivity index (χ0n) is 19.4. The van der Waals surface area contributed by atoms with Crippen molar-refractivity contribution in [1.82, 2.24) is 10.4 Å². The van der Waals surface area contributed by atoms with Gasteiger partial charge in [-0.2, -0.15) is 5.10 Å². The monoisotopic (exact) mass is 540 g/mol. The number of ether oxygens (including phenoxy) is 2. The van der Waals surface area contributed by atoms with Crippen molar-refractivity contribution < 1.29 is 14.3 Å². The van der Waals surface area contributed by atoms with Gasteiger partial charge in [-0.3, -0.25) is 4.79 Å². The molecule has 0 bridgehead atoms. The van der Waals surface area contributed by atoms with E-state index in [1.165, 1.54) is 17.6 Å². The van der Waals surface area contributed by atoms with Gasteiger partial charge in [0.2, 0.25) is 0 Å². The van der Waals surface area contributed by atoms with Gasteiger partial charge in [0.1, 0.15) is 0 Å². The van der Waals surface area contributed by atoms with Crippen LogP contribution in [0.4, 0.5) is 10.8 Å². The van der Waals surface area contributed by atoms with E-state index >= 15 is 0 Å². The molecular weight excluding hydrogens is 519 g/mol. The number of aromatic nitrogens is 1. The Labute approximate surface area is 222 Å². The van der Waals surface area contributed by atoms with E-state index in [4.69, 9.17) is 32.7 Å². The molecule has 0 aliphatic rings. The lowest BCUT2D eigenvalue weighted by Crippen LogP contribution is -2.17. The summed E-state index contributed by atoms with van der Waals surface area (Å²) in [5.74, 6) is 0.715. The van der Waals surface area contributed by atoms with Gasteiger partial charge in [-0.15, -0.1) is 11.3 Å². The van der Waals surface area contributed by atoms with E-state index < -0.39 is 0 Å². The first-order chi connectivity index (χ1) is 17.5. The number of carbonyl (C=O) groups is 1. The van der Waals surface area contributed by atoms with Crippen LogP contribution < -0.4 is 20.2 Å². The number of nitrogens with zero attached hydrogens (tertiary/aromatic N) is 2. The minimum Gasteiger partial charge on any atom is -0.493 e. The van der Waals surface area contributed by atoms with Crippen molar-refractivity contribution in [1.29, 1.82) is 0 Å². The van der Waals surface area contributed by atoms with Gasteiger partial charge in [0.25, 0.3) is 5.91 Å². The molecule has 10 heteroatoms. The maximum atomic E-state index is 12.5. The van der Waals surface area contributed by atoms with Gasteiger partial charge >= 0.3 is 0 Å². The summed E-state index contributed by atoms with van der Waals surface area (Å²) in [5.41, 5.74) is 6.15. The minimum atomic E-state index is -0.352. The summed E-state index contributed by atoms with van der Waals surface area (Å²) in [7, 11) is 1.54. The molecule has 0 unspecified atom stereocenters. The SMILES string of the molecule is CCOc1cc(Cl)c(/C=N\NC(=O)c2ccc(-c3csc(Nc4ccc(Cl)cc4)n3)cc2)cc1OC. The van der Waals surface area contributed by atoms with Gasteiger partial charge in [0.15, 0.2) is 16.6 Å². The molecule has 4 aromatic rings. The Morgan fingerprint density at radius 3 is 2.53 bits per heavy atom. The molecule has 1 amide bonds. The highest BCUT2D eigenvalue weighted by Crippen LogP contribution is 2.32. The van der Waals surface area contributed by atoms with Crippen molar-refractivity contribution >= 4 is 57.5 Å². The normalized spacial score (nSPS) is 10.9. The molecule has 1 aromatic heterocycles. The fraction of sp³-hybridized carbons (Fsp3) is 0.115. The molecule has 36 heavy (non-hydrogen) atoms. The standard InChI is InChI=1S/C26H22Cl2N4O3S/c1-3-35-24-13-21(28)18(12-23(24)34-2)14-29-32-25(33)17-6-4-16(5-7-17)22-15-36-26(31-22)30-20-10-8-19(27)9-11-20/h4-15H,3H2,1-2H3,(H,30,31)(H,32,33)/b29-14-. The number of halogens is 2. The third-order valence-corrected chi connectivity index (χ3v) is 6.33. The molecule has 0 aliphatic carbocycles. The van der Waals surface area contributed by atoms with Crippen molar-refractivity contribution in [3.8, 4) is 22.8 Å². The third-order valence-electron chi connectivity index (χ3n) is 5.00. The second-order valence-corrected chi connectivity index (χ2v) is 9.11. The second-order valence-electron chi connectivity index (χ2n) is 7.40. The first-order valence-corrected chi connectivity index (χ1v) is 12.5. The predicted molar refractivity (Wildman–Crippen MR) is 147 cm³/mol. The summed E-state index contributed by atoms with van der Waals surface area (Å²) in [6.07, 6.45) is 1.46. The molecule has 1 heterocycles. The van der Waals surface area contributed by atoms with E-state index in [9.17, 15) is 4.79 Å². The van der Waals surface area contributed by atoms with Crippen LogP contribution >= 0.6 is 34.5 Å². The molecule has 0 atom stereocenters. The van der Waals surface area contributed by atoms with Gasteiger partial charge in [-0.05, 0) is 49.4 Å². The highest BCUT2D eigenvalue weighted by Gasteiger charge is 2.11. The summed E-state index contributed by atoms with van der Waals surface area (Å²) in [4.78, 5) is 17.1. The lowest BCUT2D eigenvalue weighted by Gasteiger charge is -2.11. The van der Waals surface area contributed by atoms with Crippen LogP contribution in [0, 0.1) is 0 Å². The van der Waals surface area contributed by atoms with Gasteiger partial charge in [-0.25, -0.2) is 10.4 Å². The number of carbonyl (C=O) groups excluding carboxylic acids is 1. The number of rotatable bonds is 9. The first kappa shape index (κ1) is 25.5. The molecule has 7 nitrogen and oxygen atoms in total. The number of hydrogen-bond acceptors (Lipinski definition) is 7. The second kappa shape index (κ2) is 11.9. The van der Waals surface area contributed by atoms with Crippen LogP contribution in [-0.2, 0) is 0 Å². The Balaban J connectivity index is 1.38. The Bertz CT molecular complexity index is 1370. The predicted octanol–water partition coefficient (Wildman–Crippen LogP) is 7.03. The average Bonchev–Trinajstić information content (AvgIpc) is 3.35. The Kier molecular flexibility index (Phi) is 8.43. The molecule has 0 spiro atoms. The Morgan fingerprint density at radius 2 is 1.83 bits per heavy atom. The highest BCUT2D eigenvalue weighted by molar-refractivity contribution is 7.14. The number of methoxy groups -OCH3 is 1. The molecule has 4 rings (SSSR count). The number of amides is 1. The maximum Gasteiger partial charge on any atom is 0.271 e. The van der Waals surface area contributed by atoms with Crippen LogP contribution in [0.3, 0.4) is 0 Å². The van der Waals surface area contributed by atoms with Crippen molar-refractivity contribution in [3.05, 3.63) is 87.2 Å². The third kappa shape index (κ3) is 6.34. The molecule has 3 aromatic carbocycles. The highest BCUT2D eigenvalue weighted by atomic mass is 35.5. The smallest absolute Gasteiger partial charge is 0.271 e. The molecule has 0 radical (unpaired) electrons. The van der Waals surface area contributed by atoms with Crippen LogP contribution in [-0.4, -0.2) is 30.8 Å². The summed E-state index contributed by atoms with van der Waals surface area (Å²) >= 11 is 13.7. The van der Waals surface area contributed by atoms with E-state index in [0.29, 0.717) is 39.3 Å². The van der Waals surface area contributed by atoms with Crippen LogP contribution in [0.25, 0.3) is 11.3 Å². The quantitative estimate of drug-likeness (QED) is 0.176. The van der Waals surface area contributed by atoms with Crippen LogP contribution in [0.5, 0.6) is 11.5 Å². The van der Waals surface area contributed by atoms with Crippen molar-refractivity contribution in [2.24, 2.45) is 5.10 Å². The van der Waals surface area contributed by atoms with Crippen molar-refractivity contribution in [2.75, 3.05) is 19.0 Å². The van der Waals surface area contributed by atoms with Gasteiger partial charge in [0.05, 0.1) is 30.6 Å². The summed E-state index contributed by atoms with van der Waals surface area (Å²) in [5, 5.41) is 11.1. The lowest BCUT2D eigenvalue weighted by atomic mass is 10.1. The largest absolute Gasteiger partial charge is 0.493 e. The summed E-state index contributed by atoms with van der Waals surface area (Å²) in [6, 6.07) is 17.9. The lowest BCUT2D eigenvalue weighted by molar-refractivity contribution is 0.0955. The van der Waals surface area contributed by atoms with Gasteiger partial charge in [-0.1, -0.05) is 35.3 Å². The van der Waals surface area contributed by atoms with Crippen molar-refractivity contribution in [2.45, 2.75) is 6.92 Å².